The molecule has 0 saturated heterocycles. The van der Waals surface area contributed by atoms with Crippen molar-refractivity contribution in [3.63, 3.8) is 0 Å². The number of carbonyl (C=O) groups is 2. The minimum atomic E-state index is -0.945. The average molecular weight is 364 g/mol. The SMILES string of the molecule is Cc1cnc(C(=O)O[C@@H](C)C(=O)Nc2ccc(Br)cc2)cn1. The molecule has 0 spiro atoms. The van der Waals surface area contributed by atoms with Gasteiger partial charge in [0.25, 0.3) is 5.91 Å². The van der Waals surface area contributed by atoms with E-state index >= 15 is 0 Å². The summed E-state index contributed by atoms with van der Waals surface area (Å²) in [5, 5.41) is 2.66. The summed E-state index contributed by atoms with van der Waals surface area (Å²) in [6, 6.07) is 7.08. The molecule has 22 heavy (non-hydrogen) atoms. The van der Waals surface area contributed by atoms with Gasteiger partial charge < -0.3 is 10.1 Å². The summed E-state index contributed by atoms with van der Waals surface area (Å²) >= 11 is 3.31. The van der Waals surface area contributed by atoms with Crippen molar-refractivity contribution in [3.8, 4) is 0 Å². The van der Waals surface area contributed by atoms with Crippen LogP contribution >= 0.6 is 15.9 Å². The van der Waals surface area contributed by atoms with Gasteiger partial charge >= 0.3 is 5.97 Å². The van der Waals surface area contributed by atoms with Gasteiger partial charge in [-0.1, -0.05) is 15.9 Å². The fraction of sp³-hybridized carbons (Fsp3) is 0.200. The lowest BCUT2D eigenvalue weighted by atomic mass is 10.3. The van der Waals surface area contributed by atoms with Gasteiger partial charge in [0.05, 0.1) is 11.9 Å². The molecule has 1 amide bonds. The number of aromatic nitrogens is 2. The Balaban J connectivity index is 1.94. The van der Waals surface area contributed by atoms with Crippen LogP contribution in [0.15, 0.2) is 41.1 Å². The first-order chi connectivity index (χ1) is 10.5. The number of rotatable bonds is 4. The van der Waals surface area contributed by atoms with Crippen molar-refractivity contribution in [2.45, 2.75) is 20.0 Å². The molecule has 114 valence electrons. The third-order valence-electron chi connectivity index (χ3n) is 2.75. The van der Waals surface area contributed by atoms with E-state index in [0.29, 0.717) is 11.4 Å². The molecule has 1 N–H and O–H groups in total. The Morgan fingerprint density at radius 2 is 1.86 bits per heavy atom. The Morgan fingerprint density at radius 1 is 1.18 bits per heavy atom. The predicted octanol–water partition coefficient (Wildman–Crippen LogP) is 2.73. The van der Waals surface area contributed by atoms with E-state index in [4.69, 9.17) is 4.74 Å². The van der Waals surface area contributed by atoms with Gasteiger partial charge in [0.2, 0.25) is 0 Å². The molecular formula is C15H14BrN3O3. The molecule has 0 aliphatic rings. The lowest BCUT2D eigenvalue weighted by Crippen LogP contribution is -2.30. The topological polar surface area (TPSA) is 81.2 Å². The average Bonchev–Trinajstić information content (AvgIpc) is 2.50. The van der Waals surface area contributed by atoms with Gasteiger partial charge in [-0.05, 0) is 38.1 Å². The molecule has 0 aliphatic heterocycles. The molecule has 0 saturated carbocycles. The van der Waals surface area contributed by atoms with Gasteiger partial charge in [0.15, 0.2) is 11.8 Å². The van der Waals surface area contributed by atoms with E-state index in [1.165, 1.54) is 19.3 Å². The first-order valence-electron chi connectivity index (χ1n) is 6.52. The quantitative estimate of drug-likeness (QED) is 0.844. The summed E-state index contributed by atoms with van der Waals surface area (Å²) in [5.74, 6) is -1.11. The molecule has 1 aromatic heterocycles. The highest BCUT2D eigenvalue weighted by molar-refractivity contribution is 9.10. The molecule has 1 heterocycles. The Kier molecular flexibility index (Phi) is 5.21. The number of nitrogens with zero attached hydrogens (tertiary/aromatic N) is 2. The fourth-order valence-corrected chi connectivity index (χ4v) is 1.81. The van der Waals surface area contributed by atoms with E-state index in [0.717, 1.165) is 4.47 Å². The number of nitrogens with one attached hydrogen (secondary N) is 1. The second kappa shape index (κ2) is 7.13. The minimum absolute atomic E-state index is 0.0638. The van der Waals surface area contributed by atoms with E-state index in [-0.39, 0.29) is 5.69 Å². The van der Waals surface area contributed by atoms with E-state index < -0.39 is 18.0 Å². The Morgan fingerprint density at radius 3 is 2.45 bits per heavy atom. The van der Waals surface area contributed by atoms with Gasteiger partial charge in [-0.15, -0.1) is 0 Å². The maximum Gasteiger partial charge on any atom is 0.359 e. The predicted molar refractivity (Wildman–Crippen MR) is 84.4 cm³/mol. The lowest BCUT2D eigenvalue weighted by Gasteiger charge is -2.13. The van der Waals surface area contributed by atoms with Crippen LogP contribution in [0, 0.1) is 6.92 Å². The van der Waals surface area contributed by atoms with Crippen molar-refractivity contribution in [2.75, 3.05) is 5.32 Å². The third kappa shape index (κ3) is 4.36. The highest BCUT2D eigenvalue weighted by atomic mass is 79.9. The van der Waals surface area contributed by atoms with Crippen molar-refractivity contribution in [1.82, 2.24) is 9.97 Å². The molecule has 1 atom stereocenters. The molecule has 0 aliphatic carbocycles. The molecule has 2 rings (SSSR count). The monoisotopic (exact) mass is 363 g/mol. The van der Waals surface area contributed by atoms with Crippen molar-refractivity contribution in [2.24, 2.45) is 0 Å². The zero-order chi connectivity index (χ0) is 16.1. The normalized spacial score (nSPS) is 11.6. The number of ether oxygens (including phenoxy) is 1. The Labute approximate surface area is 136 Å². The van der Waals surface area contributed by atoms with Crippen molar-refractivity contribution < 1.29 is 14.3 Å². The van der Waals surface area contributed by atoms with Crippen LogP contribution in [0.3, 0.4) is 0 Å². The Bertz CT molecular complexity index is 671. The number of benzene rings is 1. The number of anilines is 1. The standard InChI is InChI=1S/C15H14BrN3O3/c1-9-7-18-13(8-17-9)15(21)22-10(2)14(20)19-12-5-3-11(16)4-6-12/h3-8,10H,1-2H3,(H,19,20)/t10-/m0/s1. The lowest BCUT2D eigenvalue weighted by molar-refractivity contribution is -0.123. The van der Waals surface area contributed by atoms with Gasteiger partial charge in [-0.3, -0.25) is 9.78 Å². The van der Waals surface area contributed by atoms with Crippen molar-refractivity contribution in [3.05, 3.63) is 52.5 Å². The van der Waals surface area contributed by atoms with Gasteiger partial charge in [-0.2, -0.15) is 0 Å². The summed E-state index contributed by atoms with van der Waals surface area (Å²) in [7, 11) is 0. The number of carbonyl (C=O) groups excluding carboxylic acids is 2. The van der Waals surface area contributed by atoms with Crippen LogP contribution in [0.25, 0.3) is 0 Å². The van der Waals surface area contributed by atoms with Crippen LogP contribution in [0.1, 0.15) is 23.1 Å². The minimum Gasteiger partial charge on any atom is -0.448 e. The van der Waals surface area contributed by atoms with Crippen LogP contribution in [-0.2, 0) is 9.53 Å². The fourth-order valence-electron chi connectivity index (χ4n) is 1.55. The maximum absolute atomic E-state index is 12.0. The first-order valence-corrected chi connectivity index (χ1v) is 7.31. The molecule has 0 unspecified atom stereocenters. The highest BCUT2D eigenvalue weighted by Gasteiger charge is 2.20. The zero-order valence-electron chi connectivity index (χ0n) is 12.0. The van der Waals surface area contributed by atoms with Crippen LogP contribution in [0.4, 0.5) is 5.69 Å². The van der Waals surface area contributed by atoms with Gasteiger partial charge in [-0.25, -0.2) is 9.78 Å². The second-order valence-corrected chi connectivity index (χ2v) is 5.50. The molecule has 1 aromatic carbocycles. The largest absolute Gasteiger partial charge is 0.448 e. The van der Waals surface area contributed by atoms with Crippen LogP contribution in [-0.4, -0.2) is 27.9 Å². The van der Waals surface area contributed by atoms with E-state index in [9.17, 15) is 9.59 Å². The van der Waals surface area contributed by atoms with Gasteiger partial charge in [0, 0.05) is 16.4 Å². The van der Waals surface area contributed by atoms with Crippen LogP contribution < -0.4 is 5.32 Å². The second-order valence-electron chi connectivity index (χ2n) is 4.59. The highest BCUT2D eigenvalue weighted by Crippen LogP contribution is 2.14. The number of hydrogen-bond acceptors (Lipinski definition) is 5. The molecule has 0 radical (unpaired) electrons. The third-order valence-corrected chi connectivity index (χ3v) is 3.28. The summed E-state index contributed by atoms with van der Waals surface area (Å²) < 4.78 is 5.98. The van der Waals surface area contributed by atoms with E-state index in [2.05, 4.69) is 31.2 Å². The first kappa shape index (κ1) is 16.1. The summed E-state index contributed by atoms with van der Waals surface area (Å²) in [6.07, 6.45) is 1.83. The molecule has 2 aromatic rings. The summed E-state index contributed by atoms with van der Waals surface area (Å²) in [5.41, 5.74) is 1.37. The number of aryl methyl sites for hydroxylation is 1. The molecule has 7 heteroatoms. The van der Waals surface area contributed by atoms with Gasteiger partial charge in [0.1, 0.15) is 0 Å². The summed E-state index contributed by atoms with van der Waals surface area (Å²) in [6.45, 7) is 3.25. The van der Waals surface area contributed by atoms with E-state index in [1.54, 1.807) is 31.2 Å². The van der Waals surface area contributed by atoms with Crippen molar-refractivity contribution in [1.29, 1.82) is 0 Å². The molecule has 6 nitrogen and oxygen atoms in total. The number of hydrogen-bond donors (Lipinski definition) is 1. The molecular weight excluding hydrogens is 350 g/mol. The maximum atomic E-state index is 12.0. The molecule has 0 bridgehead atoms. The van der Waals surface area contributed by atoms with E-state index in [1.807, 2.05) is 0 Å². The Hall–Kier alpha value is -2.28. The van der Waals surface area contributed by atoms with Crippen LogP contribution in [0.2, 0.25) is 0 Å². The number of amides is 1. The smallest absolute Gasteiger partial charge is 0.359 e. The summed E-state index contributed by atoms with van der Waals surface area (Å²) in [4.78, 5) is 31.7. The number of halogens is 1. The van der Waals surface area contributed by atoms with Crippen LogP contribution in [0.5, 0.6) is 0 Å². The van der Waals surface area contributed by atoms with Crippen molar-refractivity contribution >= 4 is 33.5 Å². The number of esters is 1. The zero-order valence-corrected chi connectivity index (χ0v) is 13.6. The molecule has 0 fully saturated rings.